The zero-order valence-electron chi connectivity index (χ0n) is 17.0. The highest BCUT2D eigenvalue weighted by Gasteiger charge is 2.40. The Labute approximate surface area is 180 Å². The number of rotatable bonds is 6. The van der Waals surface area contributed by atoms with Crippen LogP contribution in [0.1, 0.15) is 40.7 Å². The zero-order valence-corrected chi connectivity index (χ0v) is 17.0. The summed E-state index contributed by atoms with van der Waals surface area (Å²) in [6.07, 6.45) is 6.34. The minimum atomic E-state index is -0.657. The highest BCUT2D eigenvalue weighted by molar-refractivity contribution is 6.07. The Balaban J connectivity index is 1.46. The smallest absolute Gasteiger partial charge is 0.259 e. The van der Waals surface area contributed by atoms with Gasteiger partial charge in [0, 0.05) is 30.8 Å². The van der Waals surface area contributed by atoms with Gasteiger partial charge in [-0.25, -0.2) is 4.98 Å². The maximum atomic E-state index is 12.9. The number of nitrogens with one attached hydrogen (secondary N) is 2. The van der Waals surface area contributed by atoms with Crippen LogP contribution >= 0.6 is 0 Å². The van der Waals surface area contributed by atoms with Gasteiger partial charge in [0.25, 0.3) is 5.91 Å². The third-order valence-corrected chi connectivity index (χ3v) is 5.66. The monoisotopic (exact) mass is 413 g/mol. The normalized spacial score (nSPS) is 20.1. The van der Waals surface area contributed by atoms with Crippen LogP contribution in [0.3, 0.4) is 0 Å². The lowest BCUT2D eigenvalue weighted by Crippen LogP contribution is -2.21. The molecular weight excluding hydrogens is 390 g/mol. The first kappa shape index (κ1) is 20.5. The van der Waals surface area contributed by atoms with E-state index >= 15 is 0 Å². The van der Waals surface area contributed by atoms with E-state index in [1.807, 2.05) is 24.3 Å². The van der Waals surface area contributed by atoms with E-state index in [4.69, 9.17) is 0 Å². The molecule has 1 saturated carbocycles. The molecule has 0 aliphatic heterocycles. The van der Waals surface area contributed by atoms with Gasteiger partial charge in [-0.2, -0.15) is 5.26 Å². The lowest BCUT2D eigenvalue weighted by molar-refractivity contribution is 0.102. The number of carbonyl (C=O) groups is 1. The summed E-state index contributed by atoms with van der Waals surface area (Å²) in [4.78, 5) is 21.2. The second-order valence-electron chi connectivity index (χ2n) is 7.73. The number of aromatic nitrogens is 2. The van der Waals surface area contributed by atoms with Crippen molar-refractivity contribution >= 4 is 17.4 Å². The molecule has 3 aromatic rings. The van der Waals surface area contributed by atoms with Crippen LogP contribution < -0.4 is 10.6 Å². The topological polar surface area (TPSA) is 111 Å². The summed E-state index contributed by atoms with van der Waals surface area (Å²) in [5.74, 6) is 0.223. The summed E-state index contributed by atoms with van der Waals surface area (Å²) in [5, 5.41) is 25.6. The maximum absolute atomic E-state index is 12.9. The fourth-order valence-corrected chi connectivity index (χ4v) is 3.93. The van der Waals surface area contributed by atoms with Crippen LogP contribution in [0.25, 0.3) is 0 Å². The van der Waals surface area contributed by atoms with Gasteiger partial charge in [0.1, 0.15) is 5.82 Å². The van der Waals surface area contributed by atoms with Crippen molar-refractivity contribution in [2.45, 2.75) is 37.3 Å². The van der Waals surface area contributed by atoms with Crippen molar-refractivity contribution in [2.75, 3.05) is 10.6 Å². The van der Waals surface area contributed by atoms with Crippen molar-refractivity contribution in [3.8, 4) is 6.07 Å². The third-order valence-electron chi connectivity index (χ3n) is 5.66. The number of hydrogen-bond acceptors (Lipinski definition) is 6. The Morgan fingerprint density at radius 3 is 2.61 bits per heavy atom. The molecule has 2 atom stereocenters. The number of nitrogens with zero attached hydrogens (tertiary/aromatic N) is 3. The number of amides is 1. The van der Waals surface area contributed by atoms with Crippen molar-refractivity contribution in [1.82, 2.24) is 9.97 Å². The van der Waals surface area contributed by atoms with Crippen LogP contribution in [0.4, 0.5) is 11.5 Å². The molecule has 0 bridgehead atoms. The molecule has 0 spiro atoms. The highest BCUT2D eigenvalue weighted by Crippen LogP contribution is 2.41. The van der Waals surface area contributed by atoms with Crippen molar-refractivity contribution in [2.24, 2.45) is 0 Å². The lowest BCUT2D eigenvalue weighted by atomic mass is 9.80. The third kappa shape index (κ3) is 4.55. The SMILES string of the molecule is N#CC1(c2ccc(NC(=O)c3cccnc3NCc3ccncc3)cc2)CC[C@H](O)C1. The predicted octanol–water partition coefficient (Wildman–Crippen LogP) is 3.65. The summed E-state index contributed by atoms with van der Waals surface area (Å²) in [7, 11) is 0. The minimum absolute atomic E-state index is 0.274. The number of aliphatic hydroxyl groups is 1. The van der Waals surface area contributed by atoms with Gasteiger partial charge in [-0.3, -0.25) is 9.78 Å². The number of hydrogen-bond donors (Lipinski definition) is 3. The fraction of sp³-hybridized carbons (Fsp3) is 0.250. The molecule has 1 aromatic carbocycles. The van der Waals surface area contributed by atoms with Crippen molar-refractivity contribution in [3.63, 3.8) is 0 Å². The number of benzene rings is 1. The van der Waals surface area contributed by atoms with Crippen LogP contribution in [0, 0.1) is 11.3 Å². The van der Waals surface area contributed by atoms with Crippen LogP contribution in [0.5, 0.6) is 0 Å². The van der Waals surface area contributed by atoms with E-state index in [0.29, 0.717) is 42.9 Å². The quantitative estimate of drug-likeness (QED) is 0.569. The number of carbonyl (C=O) groups excluding carboxylic acids is 1. The molecule has 3 N–H and O–H groups in total. The summed E-state index contributed by atoms with van der Waals surface area (Å²) < 4.78 is 0. The summed E-state index contributed by atoms with van der Waals surface area (Å²) in [6.45, 7) is 0.524. The van der Waals surface area contributed by atoms with Gasteiger partial charge in [-0.05, 0) is 66.8 Å². The van der Waals surface area contributed by atoms with Crippen LogP contribution in [-0.2, 0) is 12.0 Å². The van der Waals surface area contributed by atoms with Gasteiger partial charge in [0.05, 0.1) is 23.2 Å². The number of nitriles is 1. The Hall–Kier alpha value is -3.76. The molecule has 7 nitrogen and oxygen atoms in total. The Morgan fingerprint density at radius 1 is 1.16 bits per heavy atom. The predicted molar refractivity (Wildman–Crippen MR) is 117 cm³/mol. The minimum Gasteiger partial charge on any atom is -0.393 e. The molecule has 1 aliphatic carbocycles. The molecule has 0 radical (unpaired) electrons. The number of aliphatic hydroxyl groups excluding tert-OH is 1. The van der Waals surface area contributed by atoms with Gasteiger partial charge < -0.3 is 15.7 Å². The standard InChI is InChI=1S/C24H23N5O2/c25-16-24(10-7-20(30)14-24)18-3-5-19(6-4-18)29-23(31)21-2-1-11-27-22(21)28-15-17-8-12-26-13-9-17/h1-6,8-9,11-13,20,30H,7,10,14-15H2,(H,27,28)(H,29,31)/t20-,24?/m0/s1. The van der Waals surface area contributed by atoms with Crippen LogP contribution in [0.15, 0.2) is 67.1 Å². The van der Waals surface area contributed by atoms with Gasteiger partial charge in [0.2, 0.25) is 0 Å². The molecule has 2 heterocycles. The van der Waals surface area contributed by atoms with E-state index in [1.165, 1.54) is 0 Å². The van der Waals surface area contributed by atoms with E-state index in [9.17, 15) is 15.2 Å². The average Bonchev–Trinajstić information content (AvgIpc) is 3.21. The first-order valence-corrected chi connectivity index (χ1v) is 10.2. The summed E-state index contributed by atoms with van der Waals surface area (Å²) in [6, 6.07) is 16.9. The average molecular weight is 413 g/mol. The summed E-state index contributed by atoms with van der Waals surface area (Å²) in [5.41, 5.74) is 2.31. The zero-order chi connectivity index (χ0) is 21.7. The Kier molecular flexibility index (Phi) is 5.92. The number of pyridine rings is 2. The first-order valence-electron chi connectivity index (χ1n) is 10.2. The van der Waals surface area contributed by atoms with E-state index in [1.54, 1.807) is 42.9 Å². The van der Waals surface area contributed by atoms with Crippen LogP contribution in [0.2, 0.25) is 0 Å². The summed E-state index contributed by atoms with van der Waals surface area (Å²) >= 11 is 0. The molecule has 2 aromatic heterocycles. The van der Waals surface area contributed by atoms with Crippen molar-refractivity contribution < 1.29 is 9.90 Å². The van der Waals surface area contributed by atoms with Gasteiger partial charge in [-0.1, -0.05) is 12.1 Å². The molecule has 4 rings (SSSR count). The van der Waals surface area contributed by atoms with Gasteiger partial charge >= 0.3 is 0 Å². The molecule has 1 unspecified atom stereocenters. The molecule has 0 saturated heterocycles. The Bertz CT molecular complexity index is 1090. The second kappa shape index (κ2) is 8.94. The molecule has 7 heteroatoms. The lowest BCUT2D eigenvalue weighted by Gasteiger charge is -2.21. The van der Waals surface area contributed by atoms with Crippen molar-refractivity contribution in [3.05, 3.63) is 83.8 Å². The van der Waals surface area contributed by atoms with Crippen molar-refractivity contribution in [1.29, 1.82) is 5.26 Å². The molecule has 31 heavy (non-hydrogen) atoms. The molecule has 1 amide bonds. The maximum Gasteiger partial charge on any atom is 0.259 e. The first-order chi connectivity index (χ1) is 15.1. The molecule has 1 aliphatic rings. The highest BCUT2D eigenvalue weighted by atomic mass is 16.3. The second-order valence-corrected chi connectivity index (χ2v) is 7.73. The van der Waals surface area contributed by atoms with E-state index in [-0.39, 0.29) is 5.91 Å². The molecular formula is C24H23N5O2. The Morgan fingerprint density at radius 2 is 1.94 bits per heavy atom. The fourth-order valence-electron chi connectivity index (χ4n) is 3.93. The van der Waals surface area contributed by atoms with Gasteiger partial charge in [-0.15, -0.1) is 0 Å². The number of anilines is 2. The van der Waals surface area contributed by atoms with E-state index in [0.717, 1.165) is 11.1 Å². The molecule has 1 fully saturated rings. The van der Waals surface area contributed by atoms with E-state index in [2.05, 4.69) is 26.7 Å². The largest absolute Gasteiger partial charge is 0.393 e. The van der Waals surface area contributed by atoms with E-state index < -0.39 is 11.5 Å². The van der Waals surface area contributed by atoms with Gasteiger partial charge in [0.15, 0.2) is 0 Å². The van der Waals surface area contributed by atoms with Crippen LogP contribution in [-0.4, -0.2) is 27.1 Å². The molecule has 156 valence electrons.